The van der Waals surface area contributed by atoms with E-state index in [0.717, 1.165) is 31.2 Å². The number of sulfonamides is 1. The van der Waals surface area contributed by atoms with Crippen LogP contribution in [0.1, 0.15) is 37.7 Å². The summed E-state index contributed by atoms with van der Waals surface area (Å²) in [5.74, 6) is 1.14. The molecule has 0 saturated heterocycles. The highest BCUT2D eigenvalue weighted by molar-refractivity contribution is 7.89. The third-order valence-electron chi connectivity index (χ3n) is 4.53. The summed E-state index contributed by atoms with van der Waals surface area (Å²) < 4.78 is 28.2. The van der Waals surface area contributed by atoms with Gasteiger partial charge in [0.15, 0.2) is 0 Å². The fourth-order valence-corrected chi connectivity index (χ4v) is 4.43. The highest BCUT2D eigenvalue weighted by atomic mass is 32.2. The Kier molecular flexibility index (Phi) is 5.73. The Bertz CT molecular complexity index is 864. The van der Waals surface area contributed by atoms with Gasteiger partial charge in [-0.05, 0) is 38.0 Å². The monoisotopic (exact) mass is 375 g/mol. The van der Waals surface area contributed by atoms with Crippen LogP contribution in [0.2, 0.25) is 0 Å². The van der Waals surface area contributed by atoms with E-state index in [1.54, 1.807) is 31.4 Å². The van der Waals surface area contributed by atoms with E-state index in [-0.39, 0.29) is 10.9 Å². The zero-order valence-corrected chi connectivity index (χ0v) is 15.9. The highest BCUT2D eigenvalue weighted by Crippen LogP contribution is 2.23. The van der Waals surface area contributed by atoms with Crippen molar-refractivity contribution in [2.75, 3.05) is 17.7 Å². The van der Waals surface area contributed by atoms with E-state index in [1.807, 2.05) is 13.0 Å². The molecule has 0 unspecified atom stereocenters. The van der Waals surface area contributed by atoms with E-state index in [2.05, 4.69) is 25.3 Å². The lowest BCUT2D eigenvalue weighted by atomic mass is 9.96. The Morgan fingerprint density at radius 3 is 2.65 bits per heavy atom. The van der Waals surface area contributed by atoms with Crippen molar-refractivity contribution in [3.63, 3.8) is 0 Å². The van der Waals surface area contributed by atoms with Gasteiger partial charge >= 0.3 is 0 Å². The zero-order chi connectivity index (χ0) is 18.6. The van der Waals surface area contributed by atoms with Crippen LogP contribution in [0.25, 0.3) is 0 Å². The quantitative estimate of drug-likeness (QED) is 0.718. The molecule has 26 heavy (non-hydrogen) atoms. The molecule has 7 nitrogen and oxygen atoms in total. The van der Waals surface area contributed by atoms with E-state index in [1.165, 1.54) is 6.42 Å². The number of aryl methyl sites for hydroxylation is 1. The van der Waals surface area contributed by atoms with Gasteiger partial charge in [0, 0.05) is 30.5 Å². The summed E-state index contributed by atoms with van der Waals surface area (Å²) in [4.78, 5) is 8.78. The first-order valence-electron chi connectivity index (χ1n) is 8.89. The van der Waals surface area contributed by atoms with Crippen molar-refractivity contribution in [2.45, 2.75) is 50.0 Å². The van der Waals surface area contributed by atoms with E-state index in [0.29, 0.717) is 17.5 Å². The average Bonchev–Trinajstić information content (AvgIpc) is 2.64. The van der Waals surface area contributed by atoms with E-state index in [9.17, 15) is 8.42 Å². The molecule has 1 aromatic heterocycles. The van der Waals surface area contributed by atoms with Gasteiger partial charge < -0.3 is 10.6 Å². The number of hydrogen-bond donors (Lipinski definition) is 3. The van der Waals surface area contributed by atoms with Crippen molar-refractivity contribution >= 4 is 27.5 Å². The second-order valence-electron chi connectivity index (χ2n) is 6.58. The van der Waals surface area contributed by atoms with Crippen LogP contribution in [-0.2, 0) is 10.0 Å². The fraction of sp³-hybridized carbons (Fsp3) is 0.444. The lowest BCUT2D eigenvalue weighted by Gasteiger charge is -2.22. The molecule has 1 saturated carbocycles. The number of anilines is 3. The molecule has 1 aromatic carbocycles. The predicted octanol–water partition coefficient (Wildman–Crippen LogP) is 3.18. The molecule has 3 rings (SSSR count). The molecule has 1 heterocycles. The van der Waals surface area contributed by atoms with Crippen molar-refractivity contribution in [3.8, 4) is 0 Å². The van der Waals surface area contributed by atoms with Crippen LogP contribution in [-0.4, -0.2) is 31.5 Å². The summed E-state index contributed by atoms with van der Waals surface area (Å²) in [6, 6.07) is 6.83. The SMILES string of the molecule is CNc1ncc(C)c(Nc2cccc(S(=O)(=O)NC3CCCCC3)c2)n1. The van der Waals surface area contributed by atoms with Gasteiger partial charge in [-0.1, -0.05) is 25.3 Å². The van der Waals surface area contributed by atoms with Crippen molar-refractivity contribution in [3.05, 3.63) is 36.0 Å². The molecule has 0 aliphatic heterocycles. The van der Waals surface area contributed by atoms with Crippen LogP contribution >= 0.6 is 0 Å². The molecule has 0 bridgehead atoms. The van der Waals surface area contributed by atoms with Gasteiger partial charge in [0.2, 0.25) is 16.0 Å². The van der Waals surface area contributed by atoms with Gasteiger partial charge in [0.05, 0.1) is 4.90 Å². The summed E-state index contributed by atoms with van der Waals surface area (Å²) >= 11 is 0. The van der Waals surface area contributed by atoms with Crippen LogP contribution in [0.4, 0.5) is 17.5 Å². The first-order valence-corrected chi connectivity index (χ1v) is 10.4. The standard InChI is InChI=1S/C18H25N5O2S/c1-13-12-20-18(19-2)22-17(13)21-15-9-6-10-16(11-15)26(24,25)23-14-7-4-3-5-8-14/h6,9-12,14,23H,3-5,7-8H2,1-2H3,(H2,19,20,21,22). The molecule has 1 aliphatic rings. The first kappa shape index (κ1) is 18.6. The number of nitrogens with zero attached hydrogens (tertiary/aromatic N) is 2. The Labute approximate surface area is 154 Å². The van der Waals surface area contributed by atoms with E-state index >= 15 is 0 Å². The molecule has 0 radical (unpaired) electrons. The van der Waals surface area contributed by atoms with Gasteiger partial charge in [-0.2, -0.15) is 4.98 Å². The average molecular weight is 375 g/mol. The van der Waals surface area contributed by atoms with Crippen LogP contribution in [0.3, 0.4) is 0 Å². The Hall–Kier alpha value is -2.19. The van der Waals surface area contributed by atoms with Gasteiger partial charge in [0.25, 0.3) is 0 Å². The van der Waals surface area contributed by atoms with Crippen molar-refractivity contribution < 1.29 is 8.42 Å². The van der Waals surface area contributed by atoms with Gasteiger partial charge in [-0.3, -0.25) is 0 Å². The largest absolute Gasteiger partial charge is 0.357 e. The normalized spacial score (nSPS) is 15.6. The molecule has 0 spiro atoms. The zero-order valence-electron chi connectivity index (χ0n) is 15.1. The number of nitrogens with one attached hydrogen (secondary N) is 3. The summed E-state index contributed by atoms with van der Waals surface area (Å²) in [7, 11) is -1.78. The van der Waals surface area contributed by atoms with Crippen LogP contribution in [0, 0.1) is 6.92 Å². The Balaban J connectivity index is 1.79. The van der Waals surface area contributed by atoms with Crippen LogP contribution in [0.5, 0.6) is 0 Å². The molecular formula is C18H25N5O2S. The molecule has 140 valence electrons. The second-order valence-corrected chi connectivity index (χ2v) is 8.30. The smallest absolute Gasteiger partial charge is 0.240 e. The van der Waals surface area contributed by atoms with Crippen molar-refractivity contribution in [1.82, 2.24) is 14.7 Å². The third-order valence-corrected chi connectivity index (χ3v) is 6.05. The number of benzene rings is 1. The molecule has 2 aromatic rings. The highest BCUT2D eigenvalue weighted by Gasteiger charge is 2.22. The summed E-state index contributed by atoms with van der Waals surface area (Å²) in [5, 5.41) is 6.07. The molecule has 0 atom stereocenters. The minimum atomic E-state index is -3.53. The lowest BCUT2D eigenvalue weighted by molar-refractivity contribution is 0.412. The van der Waals surface area contributed by atoms with Gasteiger partial charge in [0.1, 0.15) is 5.82 Å². The van der Waals surface area contributed by atoms with Crippen molar-refractivity contribution in [1.29, 1.82) is 0 Å². The molecule has 1 fully saturated rings. The summed E-state index contributed by atoms with van der Waals surface area (Å²) in [6.45, 7) is 1.90. The molecular weight excluding hydrogens is 350 g/mol. The number of hydrogen-bond acceptors (Lipinski definition) is 6. The summed E-state index contributed by atoms with van der Waals surface area (Å²) in [5.41, 5.74) is 1.54. The third kappa shape index (κ3) is 4.50. The maximum atomic E-state index is 12.7. The lowest BCUT2D eigenvalue weighted by Crippen LogP contribution is -2.36. The van der Waals surface area contributed by atoms with E-state index < -0.39 is 10.0 Å². The maximum Gasteiger partial charge on any atom is 0.240 e. The predicted molar refractivity (Wildman–Crippen MR) is 103 cm³/mol. The topological polar surface area (TPSA) is 96.0 Å². The molecule has 3 N–H and O–H groups in total. The molecule has 1 aliphatic carbocycles. The fourth-order valence-electron chi connectivity index (χ4n) is 3.07. The van der Waals surface area contributed by atoms with Crippen LogP contribution in [0.15, 0.2) is 35.4 Å². The molecule has 8 heteroatoms. The minimum absolute atomic E-state index is 0.0349. The molecule has 0 amide bonds. The minimum Gasteiger partial charge on any atom is -0.357 e. The second kappa shape index (κ2) is 8.01. The Morgan fingerprint density at radius 2 is 1.92 bits per heavy atom. The first-order chi connectivity index (χ1) is 12.5. The number of aromatic nitrogens is 2. The Morgan fingerprint density at radius 1 is 1.15 bits per heavy atom. The van der Waals surface area contributed by atoms with E-state index in [4.69, 9.17) is 0 Å². The van der Waals surface area contributed by atoms with Crippen molar-refractivity contribution in [2.24, 2.45) is 0 Å². The van der Waals surface area contributed by atoms with Gasteiger partial charge in [-0.25, -0.2) is 18.1 Å². The maximum absolute atomic E-state index is 12.7. The summed E-state index contributed by atoms with van der Waals surface area (Å²) in [6.07, 6.45) is 6.87. The van der Waals surface area contributed by atoms with Crippen LogP contribution < -0.4 is 15.4 Å². The van der Waals surface area contributed by atoms with Gasteiger partial charge in [-0.15, -0.1) is 0 Å². The number of rotatable bonds is 6.